The number of ether oxygens (including phenoxy) is 8. The molecule has 36 heteroatoms. The summed E-state index contributed by atoms with van der Waals surface area (Å²) in [6.45, 7) is 1.52. The summed E-state index contributed by atoms with van der Waals surface area (Å²) in [7, 11) is 0. The lowest BCUT2D eigenvalue weighted by Crippen LogP contribution is -2.56. The van der Waals surface area contributed by atoms with Crippen molar-refractivity contribution < 1.29 is 105 Å². The molecule has 8 aromatic carbocycles. The second-order valence-electron chi connectivity index (χ2n) is 34.7. The lowest BCUT2D eigenvalue weighted by Gasteiger charge is -2.25. The molecular weight excluding hydrogens is 1860 g/mol. The normalized spacial score (nSPS) is 12.0. The van der Waals surface area contributed by atoms with Gasteiger partial charge < -0.3 is 112 Å². The van der Waals surface area contributed by atoms with Gasteiger partial charge in [-0.2, -0.15) is 0 Å². The lowest BCUT2D eigenvalue weighted by molar-refractivity contribution is -0.133. The summed E-state index contributed by atoms with van der Waals surface area (Å²) < 4.78 is 43.5. The maximum Gasteiger partial charge on any atom is 0.408 e. The predicted molar refractivity (Wildman–Crippen MR) is 544 cm³/mol. The van der Waals surface area contributed by atoms with E-state index in [0.29, 0.717) is 101 Å². The van der Waals surface area contributed by atoms with Crippen LogP contribution < -0.4 is 74.4 Å². The molecule has 0 aliphatic heterocycles. The smallest absolute Gasteiger partial charge is 0.408 e. The van der Waals surface area contributed by atoms with E-state index in [2.05, 4.69) is 74.4 Å². The summed E-state index contributed by atoms with van der Waals surface area (Å²) in [5, 5.41) is 39.2. The molecule has 8 aromatic rings. The van der Waals surface area contributed by atoms with E-state index in [0.717, 1.165) is 52.6 Å². The van der Waals surface area contributed by atoms with Crippen molar-refractivity contribution in [1.29, 1.82) is 0 Å². The van der Waals surface area contributed by atoms with E-state index in [4.69, 9.17) is 37.9 Å². The SMILES string of the molecule is O=C(NCCCC[C@H](NC(=O)OCc1ccccc1)C(=O)N[C@@H](CCCCNC(=O)OCc1ccccc1)C(=O)N[C@@H](CCCCNC(=O)OCc1ccccc1)C(=O)NCCCCCCCCCNC(=O)[C@H](CCCCNC(=O)OCc1ccccc1)NC(=O)[C@H](CCCCNC(=O)OCc1ccccc1)NC(=O)[C@H](CCCCNC(=O)OCc1ccccc1)NC(=O)OCc1ccccc1)OCc1ccccc1. The number of carbonyl (C=O) groups excluding carboxylic acids is 14. The molecule has 8 rings (SSSR count). The van der Waals surface area contributed by atoms with Crippen LogP contribution in [0.1, 0.15) is 205 Å². The van der Waals surface area contributed by atoms with Gasteiger partial charge in [0.15, 0.2) is 0 Å². The average Bonchev–Trinajstić information content (AvgIpc) is 0.868. The molecule has 0 spiro atoms. The van der Waals surface area contributed by atoms with Gasteiger partial charge in [-0.05, 0) is 173 Å². The van der Waals surface area contributed by atoms with Crippen molar-refractivity contribution in [3.63, 3.8) is 0 Å². The standard InChI is InChI=1S/C109H142N14O22/c124-96(90(60-30-38-68-112-102(130)138-74-82-44-14-6-15-45-82)118-98(126)92(62-32-40-70-114-104(132)140-76-84-48-18-8-19-49-84)120-100(128)94(122-108(136)144-80-88-56-26-12-27-57-88)64-34-42-72-116-106(134)142-78-86-52-22-10-23-53-86)110-66-36-4-2-1-3-5-37-67-111-97(125)91(61-31-39-69-113-103(131)139-75-83-46-16-7-17-47-83)119-99(127)93(63-33-41-71-115-105(133)141-77-85-50-20-9-21-51-85)121-101(129)95(123-109(137)145-81-89-58-28-13-29-59-89)65-35-43-73-117-107(135)143-79-87-54-24-11-25-55-87/h6-29,44-59,90-95H,1-5,30-43,60-81H2,(H,110,124)(H,111,125)(H,112,130)(H,113,131)(H,114,132)(H,115,133)(H,116,134)(H,117,135)(H,118,126)(H,119,127)(H,120,128)(H,121,129)(H,122,136)(H,123,137)/t90-,91-,92-,93-,94-,95-/m0/s1. The first-order chi connectivity index (χ1) is 70.8. The molecule has 0 heterocycles. The van der Waals surface area contributed by atoms with Crippen LogP contribution in [0.2, 0.25) is 0 Å². The van der Waals surface area contributed by atoms with Crippen LogP contribution in [0.25, 0.3) is 0 Å². The molecular formula is C109H142N14O22. The molecule has 0 saturated carbocycles. The minimum atomic E-state index is -1.29. The van der Waals surface area contributed by atoms with Crippen LogP contribution in [0.4, 0.5) is 38.4 Å². The van der Waals surface area contributed by atoms with E-state index in [1.165, 1.54) is 0 Å². The number of nitrogens with one attached hydrogen (secondary N) is 14. The maximum atomic E-state index is 14.9. The number of alkyl carbamates (subject to hydrolysis) is 8. The van der Waals surface area contributed by atoms with Crippen LogP contribution in [0.3, 0.4) is 0 Å². The van der Waals surface area contributed by atoms with Crippen molar-refractivity contribution >= 4 is 84.2 Å². The Morgan fingerprint density at radius 3 is 0.469 bits per heavy atom. The summed E-state index contributed by atoms with van der Waals surface area (Å²) in [5.74, 6) is -3.88. The zero-order valence-corrected chi connectivity index (χ0v) is 82.5. The third kappa shape index (κ3) is 52.4. The topological polar surface area (TPSA) is 481 Å². The highest BCUT2D eigenvalue weighted by atomic mass is 16.6. The second-order valence-corrected chi connectivity index (χ2v) is 34.7. The molecule has 36 nitrogen and oxygen atoms in total. The third-order valence-corrected chi connectivity index (χ3v) is 23.0. The van der Waals surface area contributed by atoms with E-state index in [-0.39, 0.29) is 157 Å². The molecule has 0 fully saturated rings. The Labute approximate surface area is 848 Å². The molecule has 780 valence electrons. The van der Waals surface area contributed by atoms with Crippen LogP contribution in [0, 0.1) is 0 Å². The highest BCUT2D eigenvalue weighted by Gasteiger charge is 2.33. The number of rotatable bonds is 68. The molecule has 0 aliphatic carbocycles. The van der Waals surface area contributed by atoms with Crippen LogP contribution in [-0.2, 0) is 120 Å². The number of amides is 14. The van der Waals surface area contributed by atoms with Gasteiger partial charge in [0.2, 0.25) is 35.4 Å². The Balaban J connectivity index is 0.887. The first-order valence-corrected chi connectivity index (χ1v) is 50.2. The van der Waals surface area contributed by atoms with Crippen LogP contribution in [-0.4, -0.2) is 173 Å². The van der Waals surface area contributed by atoms with Crippen molar-refractivity contribution in [2.75, 3.05) is 52.4 Å². The van der Waals surface area contributed by atoms with Crippen molar-refractivity contribution in [3.05, 3.63) is 287 Å². The van der Waals surface area contributed by atoms with Gasteiger partial charge in [0.05, 0.1) is 0 Å². The van der Waals surface area contributed by atoms with Crippen LogP contribution in [0.5, 0.6) is 0 Å². The zero-order chi connectivity index (χ0) is 103. The number of carbonyl (C=O) groups is 14. The molecule has 6 atom stereocenters. The minimum Gasteiger partial charge on any atom is -0.445 e. The summed E-state index contributed by atoms with van der Waals surface area (Å²) in [6, 6.07) is 65.4. The first-order valence-electron chi connectivity index (χ1n) is 50.2. The minimum absolute atomic E-state index is 0.0158. The van der Waals surface area contributed by atoms with E-state index < -0.39 is 120 Å². The Morgan fingerprint density at radius 1 is 0.152 bits per heavy atom. The fourth-order valence-electron chi connectivity index (χ4n) is 14.9. The van der Waals surface area contributed by atoms with Gasteiger partial charge in [0.25, 0.3) is 0 Å². The monoisotopic (exact) mass is 2000 g/mol. The highest BCUT2D eigenvalue weighted by molar-refractivity contribution is 5.95. The Kier molecular flexibility index (Phi) is 56.5. The van der Waals surface area contributed by atoms with Gasteiger partial charge in [-0.25, -0.2) is 38.4 Å². The summed E-state index contributed by atoms with van der Waals surface area (Å²) in [6.07, 6.45) is 3.52. The van der Waals surface area contributed by atoms with Gasteiger partial charge in [-0.15, -0.1) is 0 Å². The lowest BCUT2D eigenvalue weighted by atomic mass is 10.0. The summed E-state index contributed by atoms with van der Waals surface area (Å²) in [5.41, 5.74) is 6.16. The van der Waals surface area contributed by atoms with Crippen molar-refractivity contribution in [2.24, 2.45) is 0 Å². The van der Waals surface area contributed by atoms with Crippen molar-refractivity contribution in [3.8, 4) is 0 Å². The van der Waals surface area contributed by atoms with Crippen molar-refractivity contribution in [2.45, 2.75) is 250 Å². The average molecular weight is 2000 g/mol. The first kappa shape index (κ1) is 115. The van der Waals surface area contributed by atoms with Gasteiger partial charge in [-0.1, -0.05) is 275 Å². The Hall–Kier alpha value is -15.3. The summed E-state index contributed by atoms with van der Waals surface area (Å²) in [4.78, 5) is 192. The summed E-state index contributed by atoms with van der Waals surface area (Å²) >= 11 is 0. The Bertz CT molecular complexity index is 4780. The molecule has 0 radical (unpaired) electrons. The van der Waals surface area contributed by atoms with Gasteiger partial charge in [-0.3, -0.25) is 28.8 Å². The predicted octanol–water partition coefficient (Wildman–Crippen LogP) is 15.1. The van der Waals surface area contributed by atoms with E-state index in [9.17, 15) is 67.1 Å². The zero-order valence-electron chi connectivity index (χ0n) is 82.5. The quantitative estimate of drug-likeness (QED) is 0.0124. The van der Waals surface area contributed by atoms with Crippen LogP contribution in [0.15, 0.2) is 243 Å². The van der Waals surface area contributed by atoms with Gasteiger partial charge >= 0.3 is 48.7 Å². The molecule has 14 N–H and O–H groups in total. The van der Waals surface area contributed by atoms with E-state index in [1.54, 1.807) is 48.5 Å². The molecule has 14 amide bonds. The Morgan fingerprint density at radius 2 is 0.290 bits per heavy atom. The highest BCUT2D eigenvalue weighted by Crippen LogP contribution is 2.17. The van der Waals surface area contributed by atoms with E-state index in [1.807, 2.05) is 194 Å². The molecule has 0 aromatic heterocycles. The molecule has 0 saturated heterocycles. The fourth-order valence-corrected chi connectivity index (χ4v) is 14.9. The van der Waals surface area contributed by atoms with Crippen molar-refractivity contribution in [1.82, 2.24) is 74.4 Å². The van der Waals surface area contributed by atoms with Gasteiger partial charge in [0, 0.05) is 52.4 Å². The maximum absolute atomic E-state index is 14.9. The van der Waals surface area contributed by atoms with Crippen LogP contribution >= 0.6 is 0 Å². The third-order valence-electron chi connectivity index (χ3n) is 23.0. The number of unbranched alkanes of at least 4 members (excludes halogenated alkanes) is 12. The second kappa shape index (κ2) is 71.2. The largest absolute Gasteiger partial charge is 0.445 e. The molecule has 0 aliphatic rings. The molecule has 145 heavy (non-hydrogen) atoms. The number of hydrogen-bond acceptors (Lipinski definition) is 22. The molecule has 0 bridgehead atoms. The van der Waals surface area contributed by atoms with Gasteiger partial charge in [0.1, 0.15) is 89.1 Å². The number of benzene rings is 8. The molecule has 0 unspecified atom stereocenters. The fraction of sp³-hybridized carbons (Fsp3) is 0.431. The van der Waals surface area contributed by atoms with E-state index >= 15 is 0 Å². The number of hydrogen-bond donors (Lipinski definition) is 14.